The van der Waals surface area contributed by atoms with Gasteiger partial charge < -0.3 is 10.6 Å². The molecule has 3 aromatic carbocycles. The number of amides is 1. The molecule has 0 heterocycles. The second-order valence-electron chi connectivity index (χ2n) is 5.97. The Morgan fingerprint density at radius 1 is 1.08 bits per heavy atom. The number of quaternary nitrogens is 1. The highest BCUT2D eigenvalue weighted by atomic mass is 19.1. The van der Waals surface area contributed by atoms with Gasteiger partial charge in [-0.15, -0.1) is 0 Å². The fourth-order valence-electron chi connectivity index (χ4n) is 2.85. The maximum atomic E-state index is 13.6. The normalized spacial score (nSPS) is 12.1. The van der Waals surface area contributed by atoms with Gasteiger partial charge in [-0.1, -0.05) is 42.5 Å². The topological polar surface area (TPSA) is 45.7 Å². The minimum atomic E-state index is -0.782. The molecule has 0 aliphatic carbocycles. The van der Waals surface area contributed by atoms with Crippen molar-refractivity contribution in [3.63, 3.8) is 0 Å². The van der Waals surface area contributed by atoms with Crippen LogP contribution in [-0.2, 0) is 4.79 Å². The van der Waals surface area contributed by atoms with Crippen LogP contribution in [0, 0.1) is 11.6 Å². The van der Waals surface area contributed by atoms with Gasteiger partial charge in [-0.3, -0.25) is 4.79 Å². The Morgan fingerprint density at radius 3 is 2.64 bits per heavy atom. The lowest BCUT2D eigenvalue weighted by atomic mass is 10.00. The van der Waals surface area contributed by atoms with Gasteiger partial charge in [0.2, 0.25) is 0 Å². The zero-order valence-corrected chi connectivity index (χ0v) is 13.8. The first kappa shape index (κ1) is 17.0. The molecule has 0 bridgehead atoms. The number of carbonyl (C=O) groups is 1. The molecule has 0 fully saturated rings. The van der Waals surface area contributed by atoms with E-state index in [1.165, 1.54) is 6.07 Å². The van der Waals surface area contributed by atoms with Gasteiger partial charge in [-0.05, 0) is 29.8 Å². The summed E-state index contributed by atoms with van der Waals surface area (Å²) < 4.78 is 26.5. The third kappa shape index (κ3) is 4.00. The van der Waals surface area contributed by atoms with Gasteiger partial charge in [0, 0.05) is 11.6 Å². The molecule has 0 saturated carbocycles. The van der Waals surface area contributed by atoms with Gasteiger partial charge in [-0.25, -0.2) is 8.78 Å². The molecule has 0 unspecified atom stereocenters. The van der Waals surface area contributed by atoms with Crippen molar-refractivity contribution in [2.24, 2.45) is 0 Å². The molecule has 3 N–H and O–H groups in total. The number of benzene rings is 3. The quantitative estimate of drug-likeness (QED) is 0.734. The smallest absolute Gasteiger partial charge is 0.279 e. The first-order chi connectivity index (χ1) is 12.0. The first-order valence-electron chi connectivity index (χ1n) is 8.10. The molecule has 0 aliphatic heterocycles. The van der Waals surface area contributed by atoms with E-state index in [2.05, 4.69) is 23.5 Å². The second kappa shape index (κ2) is 7.40. The monoisotopic (exact) mass is 341 g/mol. The number of halogens is 2. The predicted octanol–water partition coefficient (Wildman–Crippen LogP) is 3.38. The highest BCUT2D eigenvalue weighted by Gasteiger charge is 2.15. The van der Waals surface area contributed by atoms with Crippen molar-refractivity contribution in [1.82, 2.24) is 0 Å². The van der Waals surface area contributed by atoms with E-state index >= 15 is 0 Å². The molecule has 1 amide bonds. The summed E-state index contributed by atoms with van der Waals surface area (Å²) in [6, 6.07) is 17.3. The second-order valence-corrected chi connectivity index (χ2v) is 5.97. The van der Waals surface area contributed by atoms with Crippen molar-refractivity contribution < 1.29 is 18.9 Å². The fraction of sp³-hybridized carbons (Fsp3) is 0.150. The minimum Gasteiger partial charge on any atom is -0.332 e. The van der Waals surface area contributed by atoms with Gasteiger partial charge >= 0.3 is 0 Å². The first-order valence-corrected chi connectivity index (χ1v) is 8.10. The molecule has 25 heavy (non-hydrogen) atoms. The van der Waals surface area contributed by atoms with Crippen LogP contribution >= 0.6 is 0 Å². The van der Waals surface area contributed by atoms with Crippen LogP contribution in [0.4, 0.5) is 14.5 Å². The number of fused-ring (bicyclic) bond motifs is 1. The van der Waals surface area contributed by atoms with E-state index in [9.17, 15) is 13.6 Å². The number of hydrogen-bond acceptors (Lipinski definition) is 1. The van der Waals surface area contributed by atoms with E-state index in [0.29, 0.717) is 0 Å². The third-order valence-electron chi connectivity index (χ3n) is 4.18. The molecule has 0 saturated heterocycles. The molecular formula is C20H19F2N2O+. The molecule has 1 atom stereocenters. The molecule has 0 radical (unpaired) electrons. The number of nitrogens with two attached hydrogens (primary N) is 1. The minimum absolute atomic E-state index is 0.0161. The van der Waals surface area contributed by atoms with Gasteiger partial charge in [-0.2, -0.15) is 0 Å². The van der Waals surface area contributed by atoms with E-state index < -0.39 is 11.6 Å². The Labute approximate surface area is 144 Å². The van der Waals surface area contributed by atoms with Crippen molar-refractivity contribution in [2.75, 3.05) is 11.9 Å². The van der Waals surface area contributed by atoms with Crippen LogP contribution in [-0.4, -0.2) is 12.5 Å². The largest absolute Gasteiger partial charge is 0.332 e. The van der Waals surface area contributed by atoms with Crippen LogP contribution < -0.4 is 10.6 Å². The molecule has 0 aromatic heterocycles. The standard InChI is InChI=1S/C20H18F2N2O/c1-13(16-8-4-6-14-5-2-3-7-17(14)16)23-12-20(25)24-19-10-9-15(21)11-18(19)22/h2-11,13,23H,12H2,1H3,(H,24,25)/p+1/t13-/m0/s1. The van der Waals surface area contributed by atoms with Crippen LogP contribution in [0.3, 0.4) is 0 Å². The zero-order valence-electron chi connectivity index (χ0n) is 13.8. The summed E-state index contributed by atoms with van der Waals surface area (Å²) in [7, 11) is 0. The SMILES string of the molecule is C[C@H]([NH2+]CC(=O)Nc1ccc(F)cc1F)c1cccc2ccccc12. The Balaban J connectivity index is 1.65. The lowest BCUT2D eigenvalue weighted by molar-refractivity contribution is -0.682. The summed E-state index contributed by atoms with van der Waals surface area (Å²) in [6.45, 7) is 2.16. The lowest BCUT2D eigenvalue weighted by Crippen LogP contribution is -2.86. The Morgan fingerprint density at radius 2 is 1.84 bits per heavy atom. The fourth-order valence-corrected chi connectivity index (χ4v) is 2.85. The molecule has 3 rings (SSSR count). The van der Waals surface area contributed by atoms with E-state index in [1.807, 2.05) is 36.5 Å². The van der Waals surface area contributed by atoms with Crippen LogP contribution in [0.2, 0.25) is 0 Å². The van der Waals surface area contributed by atoms with Crippen molar-refractivity contribution >= 4 is 22.4 Å². The lowest BCUT2D eigenvalue weighted by Gasteiger charge is -2.14. The summed E-state index contributed by atoms with van der Waals surface area (Å²) in [6.07, 6.45) is 0. The van der Waals surface area contributed by atoms with E-state index in [4.69, 9.17) is 0 Å². The number of hydrogen-bond donors (Lipinski definition) is 2. The van der Waals surface area contributed by atoms with Crippen LogP contribution in [0.15, 0.2) is 60.7 Å². The van der Waals surface area contributed by atoms with E-state index in [0.717, 1.165) is 28.5 Å². The third-order valence-corrected chi connectivity index (χ3v) is 4.18. The summed E-state index contributed by atoms with van der Waals surface area (Å²) in [5, 5.41) is 6.66. The number of anilines is 1. The summed E-state index contributed by atoms with van der Waals surface area (Å²) in [5.74, 6) is -1.79. The molecule has 128 valence electrons. The highest BCUT2D eigenvalue weighted by Crippen LogP contribution is 2.22. The van der Waals surface area contributed by atoms with Crippen LogP contribution in [0.25, 0.3) is 10.8 Å². The summed E-state index contributed by atoms with van der Waals surface area (Å²) in [4.78, 5) is 12.0. The maximum Gasteiger partial charge on any atom is 0.279 e. The van der Waals surface area contributed by atoms with Crippen LogP contribution in [0.5, 0.6) is 0 Å². The summed E-state index contributed by atoms with van der Waals surface area (Å²) in [5.41, 5.74) is 1.12. The van der Waals surface area contributed by atoms with E-state index in [1.54, 1.807) is 0 Å². The van der Waals surface area contributed by atoms with Crippen molar-refractivity contribution in [2.45, 2.75) is 13.0 Å². The van der Waals surface area contributed by atoms with E-state index in [-0.39, 0.29) is 24.2 Å². The number of nitrogens with one attached hydrogen (secondary N) is 1. The van der Waals surface area contributed by atoms with Crippen molar-refractivity contribution in [3.05, 3.63) is 77.9 Å². The Bertz CT molecular complexity index is 906. The molecule has 3 nitrogen and oxygen atoms in total. The average Bonchev–Trinajstić information content (AvgIpc) is 2.61. The van der Waals surface area contributed by atoms with Gasteiger partial charge in [0.05, 0.1) is 5.69 Å². The summed E-state index contributed by atoms with van der Waals surface area (Å²) >= 11 is 0. The van der Waals surface area contributed by atoms with Gasteiger partial charge in [0.1, 0.15) is 17.7 Å². The molecule has 0 aliphatic rings. The van der Waals surface area contributed by atoms with Crippen molar-refractivity contribution in [3.8, 4) is 0 Å². The van der Waals surface area contributed by atoms with Gasteiger partial charge in [0.25, 0.3) is 5.91 Å². The predicted molar refractivity (Wildman–Crippen MR) is 94.1 cm³/mol. The van der Waals surface area contributed by atoms with Crippen molar-refractivity contribution in [1.29, 1.82) is 0 Å². The number of carbonyl (C=O) groups excluding carboxylic acids is 1. The molecule has 0 spiro atoms. The molecular weight excluding hydrogens is 322 g/mol. The Hall–Kier alpha value is -2.79. The molecule has 3 aromatic rings. The highest BCUT2D eigenvalue weighted by molar-refractivity contribution is 5.91. The average molecular weight is 341 g/mol. The maximum absolute atomic E-state index is 13.6. The Kier molecular flexibility index (Phi) is 5.05. The van der Waals surface area contributed by atoms with Crippen LogP contribution in [0.1, 0.15) is 18.5 Å². The van der Waals surface area contributed by atoms with Gasteiger partial charge in [0.15, 0.2) is 6.54 Å². The number of rotatable bonds is 5. The zero-order chi connectivity index (χ0) is 17.8. The molecule has 5 heteroatoms.